The third-order valence-electron chi connectivity index (χ3n) is 5.28. The number of carbonyl (C=O) groups excluding carboxylic acids is 2. The lowest BCUT2D eigenvalue weighted by Gasteiger charge is -2.19. The molecule has 1 heterocycles. The van der Waals surface area contributed by atoms with Crippen LogP contribution in [0.25, 0.3) is 0 Å². The van der Waals surface area contributed by atoms with Gasteiger partial charge in [-0.1, -0.05) is 18.2 Å². The summed E-state index contributed by atoms with van der Waals surface area (Å²) < 4.78 is 25.3. The zero-order valence-corrected chi connectivity index (χ0v) is 18.1. The van der Waals surface area contributed by atoms with E-state index < -0.39 is 10.0 Å². The number of sulfonamides is 1. The lowest BCUT2D eigenvalue weighted by atomic mass is 10.1. The number of nitrogens with one attached hydrogen (secondary N) is 1. The summed E-state index contributed by atoms with van der Waals surface area (Å²) in [6.07, 6.45) is 2.49. The molecule has 0 spiro atoms. The summed E-state index contributed by atoms with van der Waals surface area (Å²) in [6.45, 7) is 3.24. The smallest absolute Gasteiger partial charge is 0.255 e. The molecule has 0 bridgehead atoms. The molecular weight excluding hydrogens is 402 g/mol. The summed E-state index contributed by atoms with van der Waals surface area (Å²) in [4.78, 5) is 26.7. The van der Waals surface area contributed by atoms with E-state index in [4.69, 9.17) is 0 Å². The first kappa shape index (κ1) is 21.8. The number of carbonyl (C=O) groups is 2. The van der Waals surface area contributed by atoms with Gasteiger partial charge in [-0.25, -0.2) is 8.42 Å². The Kier molecular flexibility index (Phi) is 6.77. The molecule has 3 rings (SSSR count). The summed E-state index contributed by atoms with van der Waals surface area (Å²) in [5.74, 6) is -0.223. The van der Waals surface area contributed by atoms with Crippen LogP contribution < -0.4 is 9.62 Å². The predicted octanol–water partition coefficient (Wildman–Crippen LogP) is 2.89. The van der Waals surface area contributed by atoms with Gasteiger partial charge in [0.15, 0.2) is 0 Å². The standard InChI is InChI=1S/C22H27N3O4S/c1-3-30(28,29)24(2)20-8-6-7-18(16-20)22(27)23-19-11-9-17(10-12-19)15-21(26)25-13-4-5-14-25/h6-12,16H,3-5,13-15H2,1-2H3,(H,23,27). The Morgan fingerprint density at radius 2 is 1.73 bits per heavy atom. The summed E-state index contributed by atoms with van der Waals surface area (Å²) in [5, 5.41) is 2.81. The number of likely N-dealkylation sites (tertiary alicyclic amines) is 1. The number of hydrogen-bond donors (Lipinski definition) is 1. The van der Waals surface area contributed by atoms with Crippen LogP contribution in [0.1, 0.15) is 35.7 Å². The zero-order chi connectivity index (χ0) is 21.7. The Bertz CT molecular complexity index is 1010. The van der Waals surface area contributed by atoms with Crippen molar-refractivity contribution in [2.24, 2.45) is 0 Å². The fourth-order valence-corrected chi connectivity index (χ4v) is 4.18. The first-order valence-corrected chi connectivity index (χ1v) is 11.7. The number of benzene rings is 2. The van der Waals surface area contributed by atoms with Gasteiger partial charge in [-0.05, 0) is 55.7 Å². The van der Waals surface area contributed by atoms with Gasteiger partial charge >= 0.3 is 0 Å². The molecule has 1 fully saturated rings. The number of rotatable bonds is 7. The molecular formula is C22H27N3O4S. The molecule has 1 saturated heterocycles. The van der Waals surface area contributed by atoms with E-state index in [1.165, 1.54) is 11.4 Å². The Labute approximate surface area is 177 Å². The lowest BCUT2D eigenvalue weighted by molar-refractivity contribution is -0.129. The fourth-order valence-electron chi connectivity index (χ4n) is 3.36. The first-order valence-electron chi connectivity index (χ1n) is 10.0. The minimum atomic E-state index is -3.40. The maximum absolute atomic E-state index is 12.6. The van der Waals surface area contributed by atoms with E-state index in [2.05, 4.69) is 5.32 Å². The first-order chi connectivity index (χ1) is 14.3. The maximum atomic E-state index is 12.6. The van der Waals surface area contributed by atoms with E-state index in [0.29, 0.717) is 23.4 Å². The number of nitrogens with zero attached hydrogens (tertiary/aromatic N) is 2. The number of amides is 2. The van der Waals surface area contributed by atoms with Crippen LogP contribution in [0.2, 0.25) is 0 Å². The van der Waals surface area contributed by atoms with Crippen molar-refractivity contribution >= 4 is 33.2 Å². The molecule has 1 aliphatic rings. The van der Waals surface area contributed by atoms with Crippen LogP contribution >= 0.6 is 0 Å². The molecule has 2 aromatic carbocycles. The fraction of sp³-hybridized carbons (Fsp3) is 0.364. The average molecular weight is 430 g/mol. The van der Waals surface area contributed by atoms with Gasteiger partial charge in [0.05, 0.1) is 17.9 Å². The van der Waals surface area contributed by atoms with Crippen LogP contribution in [0.4, 0.5) is 11.4 Å². The van der Waals surface area contributed by atoms with E-state index >= 15 is 0 Å². The lowest BCUT2D eigenvalue weighted by Crippen LogP contribution is -2.29. The molecule has 8 heteroatoms. The summed E-state index contributed by atoms with van der Waals surface area (Å²) in [6, 6.07) is 13.7. The van der Waals surface area contributed by atoms with Gasteiger partial charge in [0.25, 0.3) is 5.91 Å². The van der Waals surface area contributed by atoms with E-state index in [9.17, 15) is 18.0 Å². The van der Waals surface area contributed by atoms with Crippen molar-refractivity contribution in [1.82, 2.24) is 4.90 Å². The van der Waals surface area contributed by atoms with Crippen LogP contribution in [-0.4, -0.2) is 51.0 Å². The van der Waals surface area contributed by atoms with Crippen molar-refractivity contribution in [2.45, 2.75) is 26.2 Å². The highest BCUT2D eigenvalue weighted by molar-refractivity contribution is 7.92. The van der Waals surface area contributed by atoms with E-state index in [-0.39, 0.29) is 17.6 Å². The quantitative estimate of drug-likeness (QED) is 0.733. The molecule has 0 unspecified atom stereocenters. The van der Waals surface area contributed by atoms with Gasteiger partial charge in [0.1, 0.15) is 0 Å². The second-order valence-electron chi connectivity index (χ2n) is 7.33. The maximum Gasteiger partial charge on any atom is 0.255 e. The van der Waals surface area contributed by atoms with Crippen molar-refractivity contribution in [1.29, 1.82) is 0 Å². The third-order valence-corrected chi connectivity index (χ3v) is 7.05. The van der Waals surface area contributed by atoms with Crippen LogP contribution in [0, 0.1) is 0 Å². The van der Waals surface area contributed by atoms with E-state index in [1.807, 2.05) is 17.0 Å². The largest absolute Gasteiger partial charge is 0.342 e. The molecule has 0 aliphatic carbocycles. The molecule has 30 heavy (non-hydrogen) atoms. The van der Waals surface area contributed by atoms with Gasteiger partial charge in [-0.15, -0.1) is 0 Å². The van der Waals surface area contributed by atoms with Crippen LogP contribution in [0.15, 0.2) is 48.5 Å². The molecule has 1 N–H and O–H groups in total. The molecule has 2 aromatic rings. The summed E-state index contributed by atoms with van der Waals surface area (Å²) in [7, 11) is -1.93. The normalized spacial score (nSPS) is 13.9. The molecule has 0 saturated carbocycles. The second kappa shape index (κ2) is 9.30. The molecule has 0 atom stereocenters. The Morgan fingerprint density at radius 1 is 1.07 bits per heavy atom. The van der Waals surface area contributed by atoms with Gasteiger partial charge in [-0.3, -0.25) is 13.9 Å². The van der Waals surface area contributed by atoms with Gasteiger partial charge in [0.2, 0.25) is 15.9 Å². The Morgan fingerprint density at radius 3 is 2.37 bits per heavy atom. The zero-order valence-electron chi connectivity index (χ0n) is 17.3. The monoisotopic (exact) mass is 429 g/mol. The molecule has 1 aliphatic heterocycles. The van der Waals surface area contributed by atoms with Crippen LogP contribution in [-0.2, 0) is 21.2 Å². The highest BCUT2D eigenvalue weighted by Gasteiger charge is 2.19. The van der Waals surface area contributed by atoms with E-state index in [0.717, 1.165) is 31.5 Å². The molecule has 2 amide bonds. The van der Waals surface area contributed by atoms with Crippen LogP contribution in [0.3, 0.4) is 0 Å². The minimum absolute atomic E-state index is 0.0213. The molecule has 0 aromatic heterocycles. The average Bonchev–Trinajstić information content (AvgIpc) is 3.30. The van der Waals surface area contributed by atoms with Gasteiger partial charge < -0.3 is 10.2 Å². The van der Waals surface area contributed by atoms with Crippen molar-refractivity contribution < 1.29 is 18.0 Å². The number of hydrogen-bond acceptors (Lipinski definition) is 4. The van der Waals surface area contributed by atoms with Crippen LogP contribution in [0.5, 0.6) is 0 Å². The van der Waals surface area contributed by atoms with Crippen molar-refractivity contribution in [3.63, 3.8) is 0 Å². The predicted molar refractivity (Wildman–Crippen MR) is 118 cm³/mol. The number of anilines is 2. The van der Waals surface area contributed by atoms with Gasteiger partial charge in [0, 0.05) is 31.4 Å². The SMILES string of the molecule is CCS(=O)(=O)N(C)c1cccc(C(=O)Nc2ccc(CC(=O)N3CCCC3)cc2)c1. The summed E-state index contributed by atoms with van der Waals surface area (Å²) >= 11 is 0. The highest BCUT2D eigenvalue weighted by atomic mass is 32.2. The molecule has 0 radical (unpaired) electrons. The second-order valence-corrected chi connectivity index (χ2v) is 9.62. The highest BCUT2D eigenvalue weighted by Crippen LogP contribution is 2.20. The molecule has 160 valence electrons. The minimum Gasteiger partial charge on any atom is -0.342 e. The van der Waals surface area contributed by atoms with Gasteiger partial charge in [-0.2, -0.15) is 0 Å². The Balaban J connectivity index is 1.64. The Hall–Kier alpha value is -2.87. The van der Waals surface area contributed by atoms with Crippen molar-refractivity contribution in [3.05, 3.63) is 59.7 Å². The van der Waals surface area contributed by atoms with Crippen molar-refractivity contribution in [3.8, 4) is 0 Å². The van der Waals surface area contributed by atoms with Crippen molar-refractivity contribution in [2.75, 3.05) is 35.5 Å². The molecule has 7 nitrogen and oxygen atoms in total. The third kappa shape index (κ3) is 5.18. The van der Waals surface area contributed by atoms with E-state index in [1.54, 1.807) is 43.3 Å². The summed E-state index contributed by atoms with van der Waals surface area (Å²) in [5.41, 5.74) is 2.30. The topological polar surface area (TPSA) is 86.8 Å².